The number of rotatable bonds is 4. The Balaban J connectivity index is 1.46. The van der Waals surface area contributed by atoms with Crippen LogP contribution < -0.4 is 5.14 Å². The van der Waals surface area contributed by atoms with Gasteiger partial charge in [-0.15, -0.1) is 0 Å². The predicted octanol–water partition coefficient (Wildman–Crippen LogP) is 5.17. The number of aromatic amines is 1. The largest absolute Gasteiger partial charge is 0.416 e. The molecule has 2 atom stereocenters. The van der Waals surface area contributed by atoms with Gasteiger partial charge in [0.05, 0.1) is 21.5 Å². The van der Waals surface area contributed by atoms with Crippen LogP contribution in [0.1, 0.15) is 35.2 Å². The molecule has 0 aliphatic heterocycles. The number of hydrogen-bond acceptors (Lipinski definition) is 3. The minimum Gasteiger partial charge on any atom is -0.342 e. The van der Waals surface area contributed by atoms with E-state index in [0.29, 0.717) is 34.5 Å². The van der Waals surface area contributed by atoms with E-state index in [9.17, 15) is 21.6 Å². The molecular weight excluding hydrogens is 439 g/mol. The summed E-state index contributed by atoms with van der Waals surface area (Å²) in [7, 11) is -3.89. The highest BCUT2D eigenvalue weighted by Crippen LogP contribution is 2.54. The number of H-pyrrole nitrogens is 1. The maximum Gasteiger partial charge on any atom is 0.416 e. The molecule has 9 heteroatoms. The van der Waals surface area contributed by atoms with Gasteiger partial charge >= 0.3 is 6.18 Å². The van der Waals surface area contributed by atoms with Crippen LogP contribution >= 0.6 is 0 Å². The molecule has 0 bridgehead atoms. The lowest BCUT2D eigenvalue weighted by atomic mass is 10.1. The molecule has 4 aromatic rings. The third-order valence-corrected chi connectivity index (χ3v) is 6.76. The van der Waals surface area contributed by atoms with E-state index in [2.05, 4.69) is 9.97 Å². The summed E-state index contributed by atoms with van der Waals surface area (Å²) < 4.78 is 63.0. The van der Waals surface area contributed by atoms with Gasteiger partial charge in [0.2, 0.25) is 10.0 Å². The lowest BCUT2D eigenvalue weighted by Crippen LogP contribution is -2.13. The molecule has 2 unspecified atom stereocenters. The summed E-state index contributed by atoms with van der Waals surface area (Å²) in [5.74, 6) is 0.686. The highest BCUT2D eigenvalue weighted by Gasteiger charge is 2.42. The smallest absolute Gasteiger partial charge is 0.342 e. The first kappa shape index (κ1) is 20.7. The maximum absolute atomic E-state index is 13.0. The molecule has 1 fully saturated rings. The predicted molar refractivity (Wildman–Crippen MR) is 114 cm³/mol. The molecule has 1 saturated carbocycles. The number of primary sulfonamides is 1. The van der Waals surface area contributed by atoms with E-state index in [1.165, 1.54) is 18.2 Å². The number of nitrogens with two attached hydrogens (primary N) is 1. The van der Waals surface area contributed by atoms with Crippen molar-refractivity contribution in [3.05, 3.63) is 83.7 Å². The molecule has 1 aliphatic carbocycles. The Morgan fingerprint density at radius 3 is 2.50 bits per heavy atom. The second-order valence-corrected chi connectivity index (χ2v) is 9.50. The van der Waals surface area contributed by atoms with Gasteiger partial charge in [-0.2, -0.15) is 13.2 Å². The fourth-order valence-corrected chi connectivity index (χ4v) is 4.89. The highest BCUT2D eigenvalue weighted by atomic mass is 32.2. The van der Waals surface area contributed by atoms with Crippen LogP contribution in [-0.4, -0.2) is 18.4 Å². The van der Waals surface area contributed by atoms with Gasteiger partial charge < -0.3 is 4.98 Å². The maximum atomic E-state index is 13.0. The number of fused-ring (bicyclic) bond motifs is 1. The fraction of sp³-hybridized carbons (Fsp3) is 0.174. The number of imidazole rings is 1. The standard InChI is InChI=1S/C23H18F3N3O2S/c24-23(25,26)15-5-3-4-13(10-15)17-12-18(17)22-28-19-9-8-14(11-20(19)29-22)16-6-1-2-7-21(16)32(27,30)31/h1-11,17-18H,12H2,(H,28,29)(H2,27,30,31). The van der Waals surface area contributed by atoms with Crippen LogP contribution in [0.2, 0.25) is 0 Å². The van der Waals surface area contributed by atoms with Gasteiger partial charge in [-0.1, -0.05) is 42.5 Å². The highest BCUT2D eigenvalue weighted by molar-refractivity contribution is 7.89. The van der Waals surface area contributed by atoms with Gasteiger partial charge in [-0.05, 0) is 47.7 Å². The Morgan fingerprint density at radius 1 is 0.969 bits per heavy atom. The van der Waals surface area contributed by atoms with Gasteiger partial charge in [0, 0.05) is 11.5 Å². The monoisotopic (exact) mass is 457 g/mol. The van der Waals surface area contributed by atoms with Crippen LogP contribution in [0.15, 0.2) is 71.6 Å². The average Bonchev–Trinajstić information content (AvgIpc) is 3.44. The third kappa shape index (κ3) is 3.78. The molecule has 3 aromatic carbocycles. The number of sulfonamides is 1. The molecule has 0 radical (unpaired) electrons. The van der Waals surface area contributed by atoms with E-state index in [1.807, 2.05) is 6.07 Å². The molecule has 0 spiro atoms. The van der Waals surface area contributed by atoms with Crippen LogP contribution in [0, 0.1) is 0 Å². The Labute approximate surface area is 182 Å². The lowest BCUT2D eigenvalue weighted by molar-refractivity contribution is -0.137. The Bertz CT molecular complexity index is 1440. The Hall–Kier alpha value is -3.17. The van der Waals surface area contributed by atoms with Gasteiger partial charge in [0.15, 0.2) is 0 Å². The fourth-order valence-electron chi connectivity index (χ4n) is 4.13. The first-order chi connectivity index (χ1) is 15.1. The number of nitrogens with one attached hydrogen (secondary N) is 1. The number of alkyl halides is 3. The minimum atomic E-state index is -4.37. The summed E-state index contributed by atoms with van der Waals surface area (Å²) in [5.41, 5.74) is 2.56. The zero-order valence-electron chi connectivity index (χ0n) is 16.6. The minimum absolute atomic E-state index is 0.00559. The number of aromatic nitrogens is 2. The van der Waals surface area contributed by atoms with E-state index in [1.54, 1.807) is 36.4 Å². The molecule has 1 heterocycles. The topological polar surface area (TPSA) is 88.8 Å². The second kappa shape index (κ2) is 7.18. The summed E-state index contributed by atoms with van der Waals surface area (Å²) in [6, 6.07) is 17.3. The number of hydrogen-bond donors (Lipinski definition) is 2. The van der Waals surface area contributed by atoms with Crippen molar-refractivity contribution >= 4 is 21.1 Å². The van der Waals surface area contributed by atoms with Crippen molar-refractivity contribution in [3.63, 3.8) is 0 Å². The zero-order chi connectivity index (χ0) is 22.7. The quantitative estimate of drug-likeness (QED) is 0.443. The Kier molecular flexibility index (Phi) is 4.65. The zero-order valence-corrected chi connectivity index (χ0v) is 17.4. The summed E-state index contributed by atoms with van der Waals surface area (Å²) in [6.07, 6.45) is -3.66. The molecule has 164 valence electrons. The van der Waals surface area contributed by atoms with Crippen molar-refractivity contribution in [1.29, 1.82) is 0 Å². The van der Waals surface area contributed by atoms with Crippen LogP contribution in [-0.2, 0) is 16.2 Å². The molecule has 32 heavy (non-hydrogen) atoms. The van der Waals surface area contributed by atoms with E-state index in [0.717, 1.165) is 11.6 Å². The summed E-state index contributed by atoms with van der Waals surface area (Å²) in [6.45, 7) is 0. The third-order valence-electron chi connectivity index (χ3n) is 5.79. The normalized spacial score (nSPS) is 18.8. The van der Waals surface area contributed by atoms with Crippen molar-refractivity contribution < 1.29 is 21.6 Å². The van der Waals surface area contributed by atoms with Crippen molar-refractivity contribution in [2.24, 2.45) is 5.14 Å². The van der Waals surface area contributed by atoms with Gasteiger partial charge in [-0.3, -0.25) is 0 Å². The molecule has 5 rings (SSSR count). The summed E-state index contributed by atoms with van der Waals surface area (Å²) in [5, 5.41) is 5.35. The molecule has 3 N–H and O–H groups in total. The number of benzene rings is 3. The summed E-state index contributed by atoms with van der Waals surface area (Å²) in [4.78, 5) is 7.92. The molecule has 1 aromatic heterocycles. The van der Waals surface area contributed by atoms with Crippen LogP contribution in [0.4, 0.5) is 13.2 Å². The van der Waals surface area contributed by atoms with Crippen LogP contribution in [0.25, 0.3) is 22.2 Å². The van der Waals surface area contributed by atoms with E-state index in [-0.39, 0.29) is 16.7 Å². The van der Waals surface area contributed by atoms with Crippen molar-refractivity contribution in [2.45, 2.75) is 29.3 Å². The van der Waals surface area contributed by atoms with E-state index >= 15 is 0 Å². The molecule has 0 saturated heterocycles. The van der Waals surface area contributed by atoms with Crippen LogP contribution in [0.5, 0.6) is 0 Å². The molecule has 1 aliphatic rings. The van der Waals surface area contributed by atoms with Crippen molar-refractivity contribution in [3.8, 4) is 11.1 Å². The first-order valence-electron chi connectivity index (χ1n) is 9.90. The van der Waals surface area contributed by atoms with Crippen molar-refractivity contribution in [1.82, 2.24) is 9.97 Å². The van der Waals surface area contributed by atoms with E-state index in [4.69, 9.17) is 5.14 Å². The number of nitrogens with zero attached hydrogens (tertiary/aromatic N) is 1. The summed E-state index contributed by atoms with van der Waals surface area (Å²) >= 11 is 0. The second-order valence-electron chi connectivity index (χ2n) is 7.97. The number of halogens is 3. The molecular formula is C23H18F3N3O2S. The SMILES string of the molecule is NS(=O)(=O)c1ccccc1-c1ccc2[nH]c(C3CC3c3cccc(C(F)(F)F)c3)nc2c1. The van der Waals surface area contributed by atoms with Gasteiger partial charge in [0.1, 0.15) is 5.82 Å². The Morgan fingerprint density at radius 2 is 1.75 bits per heavy atom. The molecule has 5 nitrogen and oxygen atoms in total. The molecule has 0 amide bonds. The van der Waals surface area contributed by atoms with Crippen molar-refractivity contribution in [2.75, 3.05) is 0 Å². The van der Waals surface area contributed by atoms with Crippen LogP contribution in [0.3, 0.4) is 0 Å². The average molecular weight is 457 g/mol. The first-order valence-corrected chi connectivity index (χ1v) is 11.4. The van der Waals surface area contributed by atoms with Gasteiger partial charge in [0.25, 0.3) is 0 Å². The lowest BCUT2D eigenvalue weighted by Gasteiger charge is -2.08. The van der Waals surface area contributed by atoms with Gasteiger partial charge in [-0.25, -0.2) is 18.5 Å². The van der Waals surface area contributed by atoms with E-state index < -0.39 is 21.8 Å².